The van der Waals surface area contributed by atoms with Crippen molar-refractivity contribution in [3.63, 3.8) is 0 Å². The molecule has 0 aliphatic carbocycles. The molecule has 0 bridgehead atoms. The van der Waals surface area contributed by atoms with Crippen LogP contribution in [0.3, 0.4) is 0 Å². The van der Waals surface area contributed by atoms with Crippen molar-refractivity contribution in [1.29, 1.82) is 0 Å². The zero-order valence-electron chi connectivity index (χ0n) is 10.3. The van der Waals surface area contributed by atoms with Crippen molar-refractivity contribution in [2.75, 3.05) is 7.11 Å². The van der Waals surface area contributed by atoms with Gasteiger partial charge in [-0.15, -0.1) is 0 Å². The van der Waals surface area contributed by atoms with Gasteiger partial charge in [0.1, 0.15) is 5.69 Å². The first-order chi connectivity index (χ1) is 8.81. The first kappa shape index (κ1) is 12.4. The fraction of sp³-hybridized carbons (Fsp3) is 0.308. The Bertz CT molecular complexity index is 489. The maximum atomic E-state index is 6.12. The van der Waals surface area contributed by atoms with Crippen LogP contribution in [-0.2, 0) is 6.42 Å². The third-order valence-electron chi connectivity index (χ3n) is 2.73. The summed E-state index contributed by atoms with van der Waals surface area (Å²) in [5.74, 6) is 0.500. The molecule has 1 atom stereocenters. The Balaban J connectivity index is 2.01. The summed E-state index contributed by atoms with van der Waals surface area (Å²) in [6.45, 7) is 0. The van der Waals surface area contributed by atoms with Gasteiger partial charge in [0.05, 0.1) is 13.2 Å². The molecule has 5 heteroatoms. The van der Waals surface area contributed by atoms with Crippen molar-refractivity contribution >= 4 is 0 Å². The van der Waals surface area contributed by atoms with E-state index in [0.717, 1.165) is 12.8 Å². The van der Waals surface area contributed by atoms with Gasteiger partial charge in [-0.3, -0.25) is 9.97 Å². The van der Waals surface area contributed by atoms with E-state index in [1.54, 1.807) is 31.9 Å². The molecule has 0 aliphatic rings. The van der Waals surface area contributed by atoms with Crippen LogP contribution in [0, 0.1) is 0 Å². The molecule has 18 heavy (non-hydrogen) atoms. The zero-order chi connectivity index (χ0) is 12.8. The monoisotopic (exact) mass is 244 g/mol. The van der Waals surface area contributed by atoms with Gasteiger partial charge in [0.15, 0.2) is 0 Å². The van der Waals surface area contributed by atoms with Crippen LogP contribution in [-0.4, -0.2) is 22.1 Å². The van der Waals surface area contributed by atoms with E-state index >= 15 is 0 Å². The van der Waals surface area contributed by atoms with Crippen LogP contribution < -0.4 is 10.5 Å². The highest BCUT2D eigenvalue weighted by atomic mass is 16.5. The number of aromatic nitrogens is 3. The smallest absolute Gasteiger partial charge is 0.236 e. The molecule has 0 radical (unpaired) electrons. The highest BCUT2D eigenvalue weighted by molar-refractivity contribution is 5.21. The molecule has 2 aromatic rings. The molecule has 1 unspecified atom stereocenters. The number of ether oxygens (including phenoxy) is 1. The lowest BCUT2D eigenvalue weighted by atomic mass is 10.0. The van der Waals surface area contributed by atoms with Crippen LogP contribution in [0.15, 0.2) is 36.9 Å². The number of nitrogens with two attached hydrogens (primary N) is 1. The molecular weight excluding hydrogens is 228 g/mol. The molecule has 0 aromatic carbocycles. The molecule has 0 saturated heterocycles. The summed E-state index contributed by atoms with van der Waals surface area (Å²) in [6.07, 6.45) is 8.46. The molecule has 94 valence electrons. The molecule has 0 saturated carbocycles. The van der Waals surface area contributed by atoms with E-state index in [0.29, 0.717) is 11.6 Å². The van der Waals surface area contributed by atoms with E-state index < -0.39 is 0 Å². The van der Waals surface area contributed by atoms with E-state index in [-0.39, 0.29) is 6.04 Å². The summed E-state index contributed by atoms with van der Waals surface area (Å²) < 4.78 is 5.15. The minimum absolute atomic E-state index is 0.179. The first-order valence-corrected chi connectivity index (χ1v) is 5.80. The van der Waals surface area contributed by atoms with Crippen LogP contribution >= 0.6 is 0 Å². The van der Waals surface area contributed by atoms with Crippen LogP contribution in [0.2, 0.25) is 0 Å². The van der Waals surface area contributed by atoms with Crippen LogP contribution in [0.1, 0.15) is 23.7 Å². The molecule has 0 spiro atoms. The Hall–Kier alpha value is -2.01. The van der Waals surface area contributed by atoms with E-state index in [2.05, 4.69) is 15.0 Å². The number of nitrogens with zero attached hydrogens (tertiary/aromatic N) is 3. The summed E-state index contributed by atoms with van der Waals surface area (Å²) in [5.41, 5.74) is 8.04. The lowest BCUT2D eigenvalue weighted by Gasteiger charge is -2.13. The van der Waals surface area contributed by atoms with Gasteiger partial charge < -0.3 is 10.5 Å². The quantitative estimate of drug-likeness (QED) is 0.863. The molecule has 0 fully saturated rings. The van der Waals surface area contributed by atoms with Crippen molar-refractivity contribution in [1.82, 2.24) is 15.0 Å². The maximum absolute atomic E-state index is 6.12. The fourth-order valence-electron chi connectivity index (χ4n) is 1.76. The topological polar surface area (TPSA) is 73.9 Å². The highest BCUT2D eigenvalue weighted by Gasteiger charge is 2.14. The van der Waals surface area contributed by atoms with Gasteiger partial charge >= 0.3 is 0 Å². The van der Waals surface area contributed by atoms with Gasteiger partial charge in [0.25, 0.3) is 0 Å². The average molecular weight is 244 g/mol. The molecule has 0 aliphatic heterocycles. The highest BCUT2D eigenvalue weighted by Crippen LogP contribution is 2.21. The summed E-state index contributed by atoms with van der Waals surface area (Å²) in [4.78, 5) is 12.3. The lowest BCUT2D eigenvalue weighted by Crippen LogP contribution is -2.15. The van der Waals surface area contributed by atoms with Gasteiger partial charge in [0.2, 0.25) is 5.88 Å². The second-order valence-corrected chi connectivity index (χ2v) is 3.95. The molecule has 5 nitrogen and oxygen atoms in total. The second kappa shape index (κ2) is 6.07. The maximum Gasteiger partial charge on any atom is 0.236 e. The number of methoxy groups -OCH3 is 1. The van der Waals surface area contributed by atoms with E-state index in [1.807, 2.05) is 12.1 Å². The fourth-order valence-corrected chi connectivity index (χ4v) is 1.76. The van der Waals surface area contributed by atoms with Crippen molar-refractivity contribution in [3.05, 3.63) is 48.2 Å². The largest absolute Gasteiger partial charge is 0.480 e. The molecule has 2 N–H and O–H groups in total. The van der Waals surface area contributed by atoms with Crippen LogP contribution in [0.4, 0.5) is 0 Å². The SMILES string of the molecule is COc1nccnc1C(N)CCc1ccncc1. The summed E-state index contributed by atoms with van der Waals surface area (Å²) >= 11 is 0. The molecule has 0 amide bonds. The van der Waals surface area contributed by atoms with Gasteiger partial charge in [0, 0.05) is 24.8 Å². The van der Waals surface area contributed by atoms with Gasteiger partial charge in [-0.2, -0.15) is 0 Å². The van der Waals surface area contributed by atoms with Gasteiger partial charge in [-0.1, -0.05) is 0 Å². The third kappa shape index (κ3) is 3.01. The summed E-state index contributed by atoms with van der Waals surface area (Å²) in [7, 11) is 1.57. The summed E-state index contributed by atoms with van der Waals surface area (Å²) in [6, 6.07) is 3.79. The Morgan fingerprint density at radius 2 is 1.89 bits per heavy atom. The molecule has 2 heterocycles. The Morgan fingerprint density at radius 3 is 2.61 bits per heavy atom. The predicted octanol–water partition coefficient (Wildman–Crippen LogP) is 1.51. The average Bonchev–Trinajstić information content (AvgIpc) is 2.45. The van der Waals surface area contributed by atoms with E-state index in [1.165, 1.54) is 5.56 Å². The minimum Gasteiger partial charge on any atom is -0.480 e. The lowest BCUT2D eigenvalue weighted by molar-refractivity contribution is 0.383. The first-order valence-electron chi connectivity index (χ1n) is 5.80. The van der Waals surface area contributed by atoms with Crippen molar-refractivity contribution in [3.8, 4) is 5.88 Å². The number of hydrogen-bond acceptors (Lipinski definition) is 5. The van der Waals surface area contributed by atoms with E-state index in [4.69, 9.17) is 10.5 Å². The molecular formula is C13H16N4O. The standard InChI is InChI=1S/C13H16N4O/c1-18-13-12(16-8-9-17-13)11(14)3-2-10-4-6-15-7-5-10/h4-9,11H,2-3,14H2,1H3. The second-order valence-electron chi connectivity index (χ2n) is 3.95. The zero-order valence-corrected chi connectivity index (χ0v) is 10.3. The van der Waals surface area contributed by atoms with Gasteiger partial charge in [-0.25, -0.2) is 4.98 Å². The number of aryl methyl sites for hydroxylation is 1. The third-order valence-corrected chi connectivity index (χ3v) is 2.73. The number of hydrogen-bond donors (Lipinski definition) is 1. The number of pyridine rings is 1. The van der Waals surface area contributed by atoms with Crippen molar-refractivity contribution in [2.24, 2.45) is 5.73 Å². The van der Waals surface area contributed by atoms with Gasteiger partial charge in [-0.05, 0) is 30.5 Å². The summed E-state index contributed by atoms with van der Waals surface area (Å²) in [5, 5.41) is 0. The van der Waals surface area contributed by atoms with Crippen LogP contribution in [0.25, 0.3) is 0 Å². The van der Waals surface area contributed by atoms with Crippen molar-refractivity contribution < 1.29 is 4.74 Å². The normalized spacial score (nSPS) is 12.1. The Morgan fingerprint density at radius 1 is 1.17 bits per heavy atom. The van der Waals surface area contributed by atoms with E-state index in [9.17, 15) is 0 Å². The Kier molecular flexibility index (Phi) is 4.20. The number of rotatable bonds is 5. The Labute approximate surface area is 106 Å². The predicted molar refractivity (Wildman–Crippen MR) is 68.1 cm³/mol. The minimum atomic E-state index is -0.179. The molecule has 2 rings (SSSR count). The molecule has 2 aromatic heterocycles. The van der Waals surface area contributed by atoms with Crippen molar-refractivity contribution in [2.45, 2.75) is 18.9 Å². The van der Waals surface area contributed by atoms with Crippen LogP contribution in [0.5, 0.6) is 5.88 Å².